The molecule has 0 saturated heterocycles. The molecule has 0 saturated carbocycles. The smallest absolute Gasteiger partial charge is 0.125 e. The standard InChI is InChI=1S/C10H11BrO2/c1-6-4-9(12)8-5-7(11)2-3-10(8)13-6/h2-3,5-6,9,12H,4H2,1H3/t6?,9-/m0/s1. The van der Waals surface area contributed by atoms with Crippen LogP contribution in [-0.4, -0.2) is 11.2 Å². The minimum atomic E-state index is -0.392. The molecule has 2 nitrogen and oxygen atoms in total. The van der Waals surface area contributed by atoms with Crippen molar-refractivity contribution >= 4 is 15.9 Å². The van der Waals surface area contributed by atoms with Crippen molar-refractivity contribution in [1.82, 2.24) is 0 Å². The van der Waals surface area contributed by atoms with E-state index in [2.05, 4.69) is 15.9 Å². The number of aliphatic hydroxyl groups is 1. The molecule has 0 bridgehead atoms. The van der Waals surface area contributed by atoms with E-state index in [1.807, 2.05) is 25.1 Å². The Morgan fingerprint density at radius 1 is 1.54 bits per heavy atom. The first-order valence-electron chi connectivity index (χ1n) is 4.31. The van der Waals surface area contributed by atoms with Gasteiger partial charge in [-0.1, -0.05) is 15.9 Å². The molecule has 0 spiro atoms. The third-order valence-electron chi connectivity index (χ3n) is 2.21. The van der Waals surface area contributed by atoms with Crippen LogP contribution >= 0.6 is 15.9 Å². The van der Waals surface area contributed by atoms with Crippen molar-refractivity contribution in [1.29, 1.82) is 0 Å². The minimum Gasteiger partial charge on any atom is -0.490 e. The van der Waals surface area contributed by atoms with Crippen molar-refractivity contribution in [2.45, 2.75) is 25.6 Å². The van der Waals surface area contributed by atoms with Gasteiger partial charge in [0.15, 0.2) is 0 Å². The average molecular weight is 243 g/mol. The van der Waals surface area contributed by atoms with Crippen molar-refractivity contribution in [3.8, 4) is 5.75 Å². The van der Waals surface area contributed by atoms with Gasteiger partial charge in [0.2, 0.25) is 0 Å². The molecule has 1 N–H and O–H groups in total. The highest BCUT2D eigenvalue weighted by atomic mass is 79.9. The van der Waals surface area contributed by atoms with Crippen LogP contribution in [0.5, 0.6) is 5.75 Å². The van der Waals surface area contributed by atoms with Gasteiger partial charge >= 0.3 is 0 Å². The van der Waals surface area contributed by atoms with Gasteiger partial charge in [-0.25, -0.2) is 0 Å². The maximum atomic E-state index is 9.76. The number of aliphatic hydroxyl groups excluding tert-OH is 1. The zero-order valence-electron chi connectivity index (χ0n) is 7.33. The summed E-state index contributed by atoms with van der Waals surface area (Å²) >= 11 is 3.37. The molecule has 1 unspecified atom stereocenters. The first-order chi connectivity index (χ1) is 6.16. The summed E-state index contributed by atoms with van der Waals surface area (Å²) < 4.78 is 6.55. The van der Waals surface area contributed by atoms with Crippen LogP contribution in [-0.2, 0) is 0 Å². The third-order valence-corrected chi connectivity index (χ3v) is 2.71. The summed E-state index contributed by atoms with van der Waals surface area (Å²) in [6, 6.07) is 5.72. The molecule has 1 heterocycles. The van der Waals surface area contributed by atoms with Crippen molar-refractivity contribution in [3.05, 3.63) is 28.2 Å². The molecule has 3 heteroatoms. The summed E-state index contributed by atoms with van der Waals surface area (Å²) in [5.74, 6) is 0.800. The number of hydrogen-bond acceptors (Lipinski definition) is 2. The third kappa shape index (κ3) is 1.71. The lowest BCUT2D eigenvalue weighted by molar-refractivity contribution is 0.0749. The van der Waals surface area contributed by atoms with Crippen molar-refractivity contribution < 1.29 is 9.84 Å². The van der Waals surface area contributed by atoms with Crippen LogP contribution in [0.3, 0.4) is 0 Å². The Kier molecular flexibility index (Phi) is 2.30. The van der Waals surface area contributed by atoms with E-state index in [4.69, 9.17) is 4.74 Å². The number of halogens is 1. The van der Waals surface area contributed by atoms with Gasteiger partial charge in [-0.3, -0.25) is 0 Å². The molecule has 1 aromatic rings. The Morgan fingerprint density at radius 2 is 2.31 bits per heavy atom. The Hall–Kier alpha value is -0.540. The van der Waals surface area contributed by atoms with Gasteiger partial charge in [-0.2, -0.15) is 0 Å². The van der Waals surface area contributed by atoms with Gasteiger partial charge in [0.25, 0.3) is 0 Å². The van der Waals surface area contributed by atoms with Crippen LogP contribution in [0, 0.1) is 0 Å². The summed E-state index contributed by atoms with van der Waals surface area (Å²) in [5.41, 5.74) is 0.882. The summed E-state index contributed by atoms with van der Waals surface area (Å²) in [6.45, 7) is 1.97. The maximum Gasteiger partial charge on any atom is 0.125 e. The highest BCUT2D eigenvalue weighted by molar-refractivity contribution is 9.10. The van der Waals surface area contributed by atoms with Gasteiger partial charge in [0.05, 0.1) is 12.2 Å². The lowest BCUT2D eigenvalue weighted by atomic mass is 10.00. The fourth-order valence-electron chi connectivity index (χ4n) is 1.59. The molecule has 0 radical (unpaired) electrons. The van der Waals surface area contributed by atoms with Crippen molar-refractivity contribution in [2.24, 2.45) is 0 Å². The van der Waals surface area contributed by atoms with Gasteiger partial charge in [-0.05, 0) is 25.1 Å². The molecule has 1 aliphatic heterocycles. The van der Waals surface area contributed by atoms with E-state index < -0.39 is 6.10 Å². The van der Waals surface area contributed by atoms with E-state index >= 15 is 0 Å². The highest BCUT2D eigenvalue weighted by Gasteiger charge is 2.23. The van der Waals surface area contributed by atoms with Gasteiger partial charge in [0.1, 0.15) is 5.75 Å². The SMILES string of the molecule is CC1C[C@H](O)c2cc(Br)ccc2O1. The van der Waals surface area contributed by atoms with Gasteiger partial charge in [0, 0.05) is 16.5 Å². The van der Waals surface area contributed by atoms with E-state index in [1.54, 1.807) is 0 Å². The predicted octanol–water partition coefficient (Wildman–Crippen LogP) is 2.65. The Balaban J connectivity index is 2.43. The monoisotopic (exact) mass is 242 g/mol. The quantitative estimate of drug-likeness (QED) is 0.759. The second-order valence-electron chi connectivity index (χ2n) is 3.36. The molecule has 70 valence electrons. The molecule has 1 aliphatic rings. The van der Waals surface area contributed by atoms with E-state index in [9.17, 15) is 5.11 Å². The zero-order valence-corrected chi connectivity index (χ0v) is 8.91. The number of ether oxygens (including phenoxy) is 1. The fraction of sp³-hybridized carbons (Fsp3) is 0.400. The molecule has 13 heavy (non-hydrogen) atoms. The molecular weight excluding hydrogens is 232 g/mol. The highest BCUT2D eigenvalue weighted by Crippen LogP contribution is 2.36. The van der Waals surface area contributed by atoms with Crippen LogP contribution in [0.15, 0.2) is 22.7 Å². The second kappa shape index (κ2) is 3.31. The number of benzene rings is 1. The normalized spacial score (nSPS) is 26.4. The van der Waals surface area contributed by atoms with Crippen LogP contribution < -0.4 is 4.74 Å². The summed E-state index contributed by atoms with van der Waals surface area (Å²) in [5, 5.41) is 9.76. The topological polar surface area (TPSA) is 29.5 Å². The second-order valence-corrected chi connectivity index (χ2v) is 4.28. The van der Waals surface area contributed by atoms with Crippen LogP contribution in [0.1, 0.15) is 25.0 Å². The predicted molar refractivity (Wildman–Crippen MR) is 53.8 cm³/mol. The van der Waals surface area contributed by atoms with E-state index in [-0.39, 0.29) is 6.10 Å². The fourth-order valence-corrected chi connectivity index (χ4v) is 1.97. The summed E-state index contributed by atoms with van der Waals surface area (Å²) in [6.07, 6.45) is 0.378. The summed E-state index contributed by atoms with van der Waals surface area (Å²) in [4.78, 5) is 0. The Bertz CT molecular complexity index is 325. The number of hydrogen-bond donors (Lipinski definition) is 1. The minimum absolute atomic E-state index is 0.101. The lowest BCUT2D eigenvalue weighted by Crippen LogP contribution is -2.22. The lowest BCUT2D eigenvalue weighted by Gasteiger charge is -2.27. The summed E-state index contributed by atoms with van der Waals surface area (Å²) in [7, 11) is 0. The molecular formula is C10H11BrO2. The molecule has 0 amide bonds. The molecule has 0 fully saturated rings. The van der Waals surface area contributed by atoms with Crippen LogP contribution in [0.25, 0.3) is 0 Å². The Morgan fingerprint density at radius 3 is 3.08 bits per heavy atom. The van der Waals surface area contributed by atoms with Gasteiger partial charge in [-0.15, -0.1) is 0 Å². The molecule has 0 aromatic heterocycles. The first-order valence-corrected chi connectivity index (χ1v) is 5.10. The van der Waals surface area contributed by atoms with Gasteiger partial charge < -0.3 is 9.84 Å². The maximum absolute atomic E-state index is 9.76. The van der Waals surface area contributed by atoms with Crippen LogP contribution in [0.4, 0.5) is 0 Å². The van der Waals surface area contributed by atoms with E-state index in [0.717, 1.165) is 15.8 Å². The van der Waals surface area contributed by atoms with E-state index in [0.29, 0.717) is 6.42 Å². The molecule has 2 atom stereocenters. The molecule has 1 aromatic carbocycles. The van der Waals surface area contributed by atoms with Crippen molar-refractivity contribution in [3.63, 3.8) is 0 Å². The van der Waals surface area contributed by atoms with Crippen molar-refractivity contribution in [2.75, 3.05) is 0 Å². The van der Waals surface area contributed by atoms with Crippen LogP contribution in [0.2, 0.25) is 0 Å². The zero-order chi connectivity index (χ0) is 9.42. The molecule has 0 aliphatic carbocycles. The molecule has 2 rings (SSSR count). The first kappa shape index (κ1) is 9.03. The average Bonchev–Trinajstić information content (AvgIpc) is 2.06. The number of rotatable bonds is 0. The Labute approximate surface area is 85.7 Å². The number of fused-ring (bicyclic) bond motifs is 1. The van der Waals surface area contributed by atoms with E-state index in [1.165, 1.54) is 0 Å². The largest absolute Gasteiger partial charge is 0.490 e.